The molecule has 0 amide bonds. The fourth-order valence-electron chi connectivity index (χ4n) is 0.709. The zero-order valence-electron chi connectivity index (χ0n) is 7.46. The van der Waals surface area contributed by atoms with Crippen molar-refractivity contribution in [3.05, 3.63) is 0 Å². The monoisotopic (exact) mass is 294 g/mol. The lowest BCUT2D eigenvalue weighted by Crippen LogP contribution is -2.60. The molecule has 0 aliphatic carbocycles. The molecule has 17 heavy (non-hydrogen) atoms. The van der Waals surface area contributed by atoms with Gasteiger partial charge in [0, 0.05) is 0 Å². The molecule has 0 aromatic carbocycles. The Hall–Kier alpha value is -0.800. The normalized spacial score (nSPS) is 14.9. The Morgan fingerprint density at radius 2 is 1.29 bits per heavy atom. The molecule has 102 valence electrons. The van der Waals surface area contributed by atoms with E-state index in [1.807, 2.05) is 0 Å². The van der Waals surface area contributed by atoms with Gasteiger partial charge in [-0.2, -0.15) is 35.1 Å². The second-order valence-corrected chi connectivity index (χ2v) is 3.40. The first-order valence-corrected chi connectivity index (χ1v) is 3.96. The fourth-order valence-corrected chi connectivity index (χ4v) is 0.827. The van der Waals surface area contributed by atoms with Gasteiger partial charge in [-0.15, -0.1) is 0 Å². The molecule has 2 nitrogen and oxygen atoms in total. The largest absolute Gasteiger partial charge is 0.481 e. The Labute approximate surface area is 93.1 Å². The number of hydrogen-bond acceptors (Lipinski definition) is 1. The van der Waals surface area contributed by atoms with Crippen molar-refractivity contribution in [2.75, 3.05) is 0 Å². The number of alkyl halides is 9. The predicted octanol–water partition coefficient (Wildman–Crippen LogP) is 3.20. The summed E-state index contributed by atoms with van der Waals surface area (Å²) in [7, 11) is 0. The lowest BCUT2D eigenvalue weighted by atomic mass is 10.0. The molecule has 0 spiro atoms. The molecule has 1 N–H and O–H groups in total. The molecule has 0 aromatic heterocycles. The zero-order chi connectivity index (χ0) is 14.3. The van der Waals surface area contributed by atoms with Gasteiger partial charge in [-0.25, -0.2) is 0 Å². The highest BCUT2D eigenvalue weighted by Crippen LogP contribution is 2.54. The lowest BCUT2D eigenvalue weighted by Gasteiger charge is -2.33. The van der Waals surface area contributed by atoms with Crippen LogP contribution in [0.4, 0.5) is 35.1 Å². The Bertz CT molecular complexity index is 310. The Balaban J connectivity index is 5.47. The Morgan fingerprint density at radius 1 is 0.941 bits per heavy atom. The van der Waals surface area contributed by atoms with Crippen LogP contribution in [0, 0.1) is 0 Å². The van der Waals surface area contributed by atoms with Gasteiger partial charge in [-0.3, -0.25) is 4.79 Å². The van der Waals surface area contributed by atoms with Gasteiger partial charge in [-0.05, 0) is 11.6 Å². The van der Waals surface area contributed by atoms with Gasteiger partial charge >= 0.3 is 29.1 Å². The van der Waals surface area contributed by atoms with E-state index in [-0.39, 0.29) is 0 Å². The van der Waals surface area contributed by atoms with Crippen LogP contribution in [-0.2, 0) is 4.79 Å². The molecule has 0 heterocycles. The SMILES string of the molecule is O=C(O)CC(F)(F)C(F)(F)C(F)(F)C(F)(F)Cl. The van der Waals surface area contributed by atoms with Crippen molar-refractivity contribution in [2.24, 2.45) is 0 Å². The molecule has 0 saturated carbocycles. The molecule has 0 aliphatic rings. The smallest absolute Gasteiger partial charge is 0.392 e. The number of carboxylic acids is 1. The minimum Gasteiger partial charge on any atom is -0.481 e. The maximum absolute atomic E-state index is 12.5. The average molecular weight is 295 g/mol. The van der Waals surface area contributed by atoms with Gasteiger partial charge in [0.2, 0.25) is 0 Å². The van der Waals surface area contributed by atoms with E-state index in [4.69, 9.17) is 5.11 Å². The highest BCUT2D eigenvalue weighted by molar-refractivity contribution is 6.22. The van der Waals surface area contributed by atoms with Gasteiger partial charge in [0.15, 0.2) is 0 Å². The number of halogens is 9. The summed E-state index contributed by atoms with van der Waals surface area (Å²) in [6.45, 7) is 0. The number of carboxylic acid groups (broad SMARTS) is 1. The van der Waals surface area contributed by atoms with E-state index in [0.29, 0.717) is 0 Å². The molecule has 0 unspecified atom stereocenters. The maximum atomic E-state index is 12.5. The Morgan fingerprint density at radius 3 is 1.53 bits per heavy atom. The fraction of sp³-hybridized carbons (Fsp3) is 0.833. The lowest BCUT2D eigenvalue weighted by molar-refractivity contribution is -0.347. The molecule has 0 radical (unpaired) electrons. The van der Waals surface area contributed by atoms with Crippen molar-refractivity contribution in [3.63, 3.8) is 0 Å². The molecule has 0 rings (SSSR count). The van der Waals surface area contributed by atoms with E-state index in [1.165, 1.54) is 0 Å². The summed E-state index contributed by atoms with van der Waals surface area (Å²) >= 11 is 3.61. The highest BCUT2D eigenvalue weighted by Gasteiger charge is 2.80. The van der Waals surface area contributed by atoms with E-state index in [0.717, 1.165) is 0 Å². The summed E-state index contributed by atoms with van der Waals surface area (Å²) in [6, 6.07) is 0. The van der Waals surface area contributed by atoms with Crippen molar-refractivity contribution in [1.29, 1.82) is 0 Å². The van der Waals surface area contributed by atoms with E-state index < -0.39 is 35.5 Å². The van der Waals surface area contributed by atoms with Crippen molar-refractivity contribution >= 4 is 17.6 Å². The minimum atomic E-state index is -6.62. The number of rotatable bonds is 5. The maximum Gasteiger partial charge on any atom is 0.392 e. The second-order valence-electron chi connectivity index (χ2n) is 2.92. The molecule has 0 atom stereocenters. The number of hydrogen-bond donors (Lipinski definition) is 1. The van der Waals surface area contributed by atoms with Gasteiger partial charge in [0.05, 0.1) is 0 Å². The second kappa shape index (κ2) is 4.14. The van der Waals surface area contributed by atoms with Crippen LogP contribution < -0.4 is 0 Å². The summed E-state index contributed by atoms with van der Waals surface area (Å²) in [5.41, 5.74) is 0. The molecular weight excluding hydrogens is 292 g/mol. The molecule has 0 saturated heterocycles. The number of aliphatic carboxylic acids is 1. The minimum absolute atomic E-state index is 2.57. The van der Waals surface area contributed by atoms with Crippen LogP contribution in [-0.4, -0.2) is 34.2 Å². The number of carbonyl (C=O) groups is 1. The van der Waals surface area contributed by atoms with Gasteiger partial charge in [0.1, 0.15) is 6.42 Å². The van der Waals surface area contributed by atoms with Crippen LogP contribution in [0.2, 0.25) is 0 Å². The predicted molar refractivity (Wildman–Crippen MR) is 37.9 cm³/mol. The van der Waals surface area contributed by atoms with E-state index >= 15 is 0 Å². The van der Waals surface area contributed by atoms with Crippen molar-refractivity contribution in [2.45, 2.75) is 29.6 Å². The third kappa shape index (κ3) is 2.72. The summed E-state index contributed by atoms with van der Waals surface area (Å²) in [5, 5.41) is 1.84. The van der Waals surface area contributed by atoms with Crippen molar-refractivity contribution in [3.8, 4) is 0 Å². The quantitative estimate of drug-likeness (QED) is 0.624. The van der Waals surface area contributed by atoms with Crippen LogP contribution in [0.3, 0.4) is 0 Å². The zero-order valence-corrected chi connectivity index (χ0v) is 8.22. The molecule has 0 aromatic rings. The van der Waals surface area contributed by atoms with E-state index in [2.05, 4.69) is 11.6 Å². The molecule has 0 bridgehead atoms. The van der Waals surface area contributed by atoms with E-state index in [1.54, 1.807) is 0 Å². The molecule has 0 fully saturated rings. The van der Waals surface area contributed by atoms with Crippen LogP contribution in [0.15, 0.2) is 0 Å². The van der Waals surface area contributed by atoms with Crippen molar-refractivity contribution < 1.29 is 45.0 Å². The summed E-state index contributed by atoms with van der Waals surface area (Å²) in [6.07, 6.45) is -2.75. The third-order valence-electron chi connectivity index (χ3n) is 1.58. The molecular formula is C6H3ClF8O2. The first-order chi connectivity index (χ1) is 7.17. The highest BCUT2D eigenvalue weighted by atomic mass is 35.5. The molecule has 0 aliphatic heterocycles. The summed E-state index contributed by atoms with van der Waals surface area (Å²) < 4.78 is 98.5. The van der Waals surface area contributed by atoms with Crippen LogP contribution in [0.5, 0.6) is 0 Å². The van der Waals surface area contributed by atoms with Crippen LogP contribution in [0.1, 0.15) is 6.42 Å². The summed E-state index contributed by atoms with van der Waals surface area (Å²) in [4.78, 5) is 9.76. The third-order valence-corrected chi connectivity index (χ3v) is 1.82. The van der Waals surface area contributed by atoms with Crippen LogP contribution >= 0.6 is 11.6 Å². The van der Waals surface area contributed by atoms with Crippen LogP contribution in [0.25, 0.3) is 0 Å². The van der Waals surface area contributed by atoms with Crippen molar-refractivity contribution in [1.82, 2.24) is 0 Å². The average Bonchev–Trinajstić information content (AvgIpc) is 1.98. The standard InChI is InChI=1S/C6H3ClF8O2/c7-6(14,15)5(12,13)4(10,11)3(8,9)1-2(16)17/h1H2,(H,16,17). The first kappa shape index (κ1) is 16.2. The molecule has 11 heteroatoms. The van der Waals surface area contributed by atoms with Gasteiger partial charge < -0.3 is 5.11 Å². The van der Waals surface area contributed by atoms with Gasteiger partial charge in [0.25, 0.3) is 0 Å². The van der Waals surface area contributed by atoms with Gasteiger partial charge in [-0.1, -0.05) is 0 Å². The van der Waals surface area contributed by atoms with E-state index in [9.17, 15) is 39.9 Å². The summed E-state index contributed by atoms with van der Waals surface area (Å²) in [5.74, 6) is -21.7. The Kier molecular flexibility index (Phi) is 3.95. The topological polar surface area (TPSA) is 37.3 Å². The first-order valence-electron chi connectivity index (χ1n) is 3.59.